The molecule has 0 aliphatic heterocycles. The van der Waals surface area contributed by atoms with Gasteiger partial charge >= 0.3 is 29.6 Å². The molecule has 0 aliphatic rings. The molecule has 0 saturated heterocycles. The van der Waals surface area contributed by atoms with Gasteiger partial charge in [0, 0.05) is 16.3 Å². The summed E-state index contributed by atoms with van der Waals surface area (Å²) in [5, 5.41) is 12.3. The van der Waals surface area contributed by atoms with Gasteiger partial charge in [0.2, 0.25) is 0 Å². The topological polar surface area (TPSA) is 54.3 Å². The maximum absolute atomic E-state index is 11.3. The van der Waals surface area contributed by atoms with Gasteiger partial charge in [-0.2, -0.15) is 0 Å². The van der Waals surface area contributed by atoms with Crippen LogP contribution in [-0.4, -0.2) is 10.5 Å². The largest absolute Gasteiger partial charge is 1.00 e. The van der Waals surface area contributed by atoms with Gasteiger partial charge in [-0.05, 0) is 53.6 Å². The summed E-state index contributed by atoms with van der Waals surface area (Å²) in [7, 11) is 0. The predicted molar refractivity (Wildman–Crippen MR) is 116 cm³/mol. The number of aromatic carboxylic acids is 1. The zero-order valence-corrected chi connectivity index (χ0v) is 20.2. The molecule has 0 spiro atoms. The Morgan fingerprint density at radius 2 is 1.68 bits per heavy atom. The van der Waals surface area contributed by atoms with Crippen molar-refractivity contribution in [3.8, 4) is 22.7 Å². The monoisotopic (exact) mass is 459 g/mol. The van der Waals surface area contributed by atoms with Crippen molar-refractivity contribution in [1.82, 2.24) is 4.57 Å². The molecule has 0 amide bonds. The summed E-state index contributed by atoms with van der Waals surface area (Å²) in [5.41, 5.74) is 3.16. The number of hydrogen-bond acceptors (Lipinski definition) is 3. The molecular formula is C24H16Cl2NNaO3. The summed E-state index contributed by atoms with van der Waals surface area (Å²) in [5.74, 6) is -0.619. The Morgan fingerprint density at radius 1 is 0.903 bits per heavy atom. The van der Waals surface area contributed by atoms with Crippen molar-refractivity contribution in [2.45, 2.75) is 6.61 Å². The van der Waals surface area contributed by atoms with E-state index >= 15 is 0 Å². The Bertz CT molecular complexity index is 1210. The first-order valence-electron chi connectivity index (χ1n) is 9.18. The Hall–Kier alpha value is -2.21. The molecule has 3 aromatic carbocycles. The van der Waals surface area contributed by atoms with Crippen LogP contribution in [0.4, 0.5) is 0 Å². The minimum absolute atomic E-state index is 0. The molecule has 31 heavy (non-hydrogen) atoms. The molecule has 0 radical (unpaired) electrons. The van der Waals surface area contributed by atoms with Gasteiger partial charge in [-0.3, -0.25) is 0 Å². The van der Waals surface area contributed by atoms with E-state index in [0.29, 0.717) is 28.2 Å². The second kappa shape index (κ2) is 10.4. The van der Waals surface area contributed by atoms with E-state index in [2.05, 4.69) is 0 Å². The van der Waals surface area contributed by atoms with E-state index in [0.717, 1.165) is 16.8 Å². The number of rotatable bonds is 6. The van der Waals surface area contributed by atoms with Crippen molar-refractivity contribution in [2.24, 2.45) is 0 Å². The van der Waals surface area contributed by atoms with Crippen LogP contribution in [0, 0.1) is 0 Å². The zero-order valence-electron chi connectivity index (χ0n) is 16.7. The first-order chi connectivity index (χ1) is 14.5. The van der Waals surface area contributed by atoms with Crippen molar-refractivity contribution in [1.29, 1.82) is 0 Å². The van der Waals surface area contributed by atoms with Gasteiger partial charge in [0.05, 0.1) is 11.7 Å². The van der Waals surface area contributed by atoms with Gasteiger partial charge in [-0.25, -0.2) is 0 Å². The van der Waals surface area contributed by atoms with Crippen molar-refractivity contribution in [2.75, 3.05) is 0 Å². The van der Waals surface area contributed by atoms with E-state index in [4.69, 9.17) is 27.9 Å². The Morgan fingerprint density at radius 3 is 2.42 bits per heavy atom. The van der Waals surface area contributed by atoms with Gasteiger partial charge in [0.15, 0.2) is 0 Å². The molecule has 0 aliphatic carbocycles. The molecule has 0 saturated carbocycles. The molecule has 150 valence electrons. The first kappa shape index (κ1) is 23.5. The third kappa shape index (κ3) is 5.35. The number of aromatic nitrogens is 1. The van der Waals surface area contributed by atoms with Crippen LogP contribution in [0.25, 0.3) is 16.9 Å². The average molecular weight is 460 g/mol. The van der Waals surface area contributed by atoms with Gasteiger partial charge in [0.1, 0.15) is 17.5 Å². The molecule has 0 bridgehead atoms. The Labute approximate surface area is 212 Å². The second-order valence-corrected chi connectivity index (χ2v) is 7.45. The van der Waals surface area contributed by atoms with E-state index in [9.17, 15) is 9.90 Å². The van der Waals surface area contributed by atoms with Crippen LogP contribution in [0.15, 0.2) is 84.9 Å². The molecule has 4 nitrogen and oxygen atoms in total. The quantitative estimate of drug-likeness (QED) is 0.416. The average Bonchev–Trinajstić information content (AvgIpc) is 3.15. The summed E-state index contributed by atoms with van der Waals surface area (Å²) in [6.07, 6.45) is 0. The third-order valence-corrected chi connectivity index (χ3v) is 5.16. The van der Waals surface area contributed by atoms with E-state index in [1.807, 2.05) is 42.5 Å². The molecule has 0 unspecified atom stereocenters. The zero-order chi connectivity index (χ0) is 21.1. The third-order valence-electron chi connectivity index (χ3n) is 4.63. The maximum atomic E-state index is 11.3. The molecular weight excluding hydrogens is 444 g/mol. The van der Waals surface area contributed by atoms with Crippen LogP contribution < -0.4 is 39.4 Å². The number of hydrogen-bond donors (Lipinski definition) is 0. The molecule has 1 aromatic heterocycles. The van der Waals surface area contributed by atoms with E-state index in [1.165, 1.54) is 12.1 Å². The number of carboxylic acid groups (broad SMARTS) is 1. The van der Waals surface area contributed by atoms with Gasteiger partial charge < -0.3 is 19.2 Å². The number of nitrogens with zero attached hydrogens (tertiary/aromatic N) is 1. The summed E-state index contributed by atoms with van der Waals surface area (Å²) in [6, 6.07) is 25.2. The fourth-order valence-corrected chi connectivity index (χ4v) is 3.64. The SMILES string of the molecule is O=C([O-])c1cccc(-n2c(Cl)ccc2-c2cc(Cl)ccc2OCc2ccccc2)c1.[Na+]. The number of benzene rings is 3. The molecule has 7 heteroatoms. The number of halogens is 2. The van der Waals surface area contributed by atoms with E-state index in [1.54, 1.807) is 34.9 Å². The number of carbonyl (C=O) groups is 1. The smallest absolute Gasteiger partial charge is 0.545 e. The minimum atomic E-state index is -1.25. The van der Waals surface area contributed by atoms with Crippen LogP contribution in [-0.2, 0) is 6.61 Å². The van der Waals surface area contributed by atoms with Gasteiger partial charge in [-0.1, -0.05) is 65.7 Å². The van der Waals surface area contributed by atoms with Gasteiger partial charge in [-0.15, -0.1) is 0 Å². The minimum Gasteiger partial charge on any atom is -0.545 e. The Kier molecular flexibility index (Phi) is 7.87. The first-order valence-corrected chi connectivity index (χ1v) is 9.94. The molecule has 0 N–H and O–H groups in total. The standard InChI is InChI=1S/C24H17Cl2NO3.Na/c25-18-9-11-22(30-15-16-5-2-1-3-6-16)20(14-18)21-10-12-23(26)27(21)19-8-4-7-17(13-19)24(28)29;/h1-14H,15H2,(H,28,29);/q;+1/p-1. The van der Waals surface area contributed by atoms with E-state index < -0.39 is 5.97 Å². The van der Waals surface area contributed by atoms with Gasteiger partial charge in [0.25, 0.3) is 0 Å². The molecule has 0 fully saturated rings. The van der Waals surface area contributed by atoms with Crippen LogP contribution in [0.3, 0.4) is 0 Å². The van der Waals surface area contributed by atoms with Crippen LogP contribution in [0.5, 0.6) is 5.75 Å². The summed E-state index contributed by atoms with van der Waals surface area (Å²) in [6.45, 7) is 0.393. The molecule has 0 atom stereocenters. The van der Waals surface area contributed by atoms with Crippen molar-refractivity contribution < 1.29 is 44.2 Å². The molecule has 4 rings (SSSR count). The van der Waals surface area contributed by atoms with E-state index in [-0.39, 0.29) is 35.1 Å². The Balaban J connectivity index is 0.00000272. The van der Waals surface area contributed by atoms with Crippen molar-refractivity contribution >= 4 is 29.2 Å². The number of carboxylic acids is 1. The number of carbonyl (C=O) groups excluding carboxylic acids is 1. The van der Waals surface area contributed by atoms with Crippen LogP contribution in [0.1, 0.15) is 15.9 Å². The van der Waals surface area contributed by atoms with Crippen molar-refractivity contribution in [3.63, 3.8) is 0 Å². The normalized spacial score (nSPS) is 10.4. The molecule has 4 aromatic rings. The fraction of sp³-hybridized carbons (Fsp3) is 0.0417. The van der Waals surface area contributed by atoms with Crippen LogP contribution in [0.2, 0.25) is 10.2 Å². The summed E-state index contributed by atoms with van der Waals surface area (Å²) >= 11 is 12.7. The predicted octanol–water partition coefficient (Wildman–Crippen LogP) is 2.40. The summed E-state index contributed by atoms with van der Waals surface area (Å²) in [4.78, 5) is 11.3. The number of ether oxygens (including phenoxy) is 1. The molecule has 1 heterocycles. The second-order valence-electron chi connectivity index (χ2n) is 6.63. The van der Waals surface area contributed by atoms with Crippen molar-refractivity contribution in [3.05, 3.63) is 106 Å². The summed E-state index contributed by atoms with van der Waals surface area (Å²) < 4.78 is 7.82. The fourth-order valence-electron chi connectivity index (χ4n) is 3.22. The maximum Gasteiger partial charge on any atom is 1.00 e. The van der Waals surface area contributed by atoms with Crippen LogP contribution >= 0.6 is 23.2 Å².